The van der Waals surface area contributed by atoms with Crippen LogP contribution in [-0.2, 0) is 4.79 Å². The maximum Gasteiger partial charge on any atom is 0.323 e. The van der Waals surface area contributed by atoms with Crippen molar-refractivity contribution >= 4 is 22.5 Å². The van der Waals surface area contributed by atoms with Gasteiger partial charge in [-0.15, -0.1) is 5.11 Å². The first kappa shape index (κ1) is 12.7. The maximum absolute atomic E-state index is 11.2. The van der Waals surface area contributed by atoms with E-state index in [0.29, 0.717) is 16.7 Å². The summed E-state index contributed by atoms with van der Waals surface area (Å²) in [5, 5.41) is 16.9. The van der Waals surface area contributed by atoms with Crippen LogP contribution in [-0.4, -0.2) is 20.9 Å². The fraction of sp³-hybridized carbons (Fsp3) is 0.167. The van der Waals surface area contributed by atoms with E-state index >= 15 is 0 Å². The molecule has 2 aromatic rings. The SMILES string of the molecule is CC(=O)C(N=Nc1ccc2[nH]c(=O)[nH]c2c1)=C(C)O. The number of nitrogens with one attached hydrogen (secondary N) is 2. The average molecular weight is 260 g/mol. The zero-order valence-corrected chi connectivity index (χ0v) is 10.4. The number of aromatic amines is 2. The van der Waals surface area contributed by atoms with E-state index in [9.17, 15) is 14.7 Å². The van der Waals surface area contributed by atoms with Crippen LogP contribution in [0.5, 0.6) is 0 Å². The molecule has 3 N–H and O–H groups in total. The Labute approximate surface area is 107 Å². The molecule has 0 atom stereocenters. The van der Waals surface area contributed by atoms with E-state index in [1.807, 2.05) is 0 Å². The summed E-state index contributed by atoms with van der Waals surface area (Å²) in [4.78, 5) is 27.5. The Morgan fingerprint density at radius 1 is 1.21 bits per heavy atom. The van der Waals surface area contributed by atoms with E-state index in [1.54, 1.807) is 18.2 Å². The van der Waals surface area contributed by atoms with Gasteiger partial charge < -0.3 is 15.1 Å². The second kappa shape index (κ2) is 4.89. The van der Waals surface area contributed by atoms with Crippen molar-refractivity contribution in [2.45, 2.75) is 13.8 Å². The second-order valence-corrected chi connectivity index (χ2v) is 4.00. The number of carbonyl (C=O) groups is 1. The Hall–Kier alpha value is -2.70. The van der Waals surface area contributed by atoms with Gasteiger partial charge in [0.15, 0.2) is 11.5 Å². The molecule has 0 aliphatic heterocycles. The predicted octanol–water partition coefficient (Wildman–Crippen LogP) is 2.32. The van der Waals surface area contributed by atoms with Crippen LogP contribution in [0.2, 0.25) is 0 Å². The number of fused-ring (bicyclic) bond motifs is 1. The molecule has 0 aliphatic rings. The van der Waals surface area contributed by atoms with Crippen molar-refractivity contribution in [2.24, 2.45) is 10.2 Å². The minimum absolute atomic E-state index is 0.0948. The van der Waals surface area contributed by atoms with Crippen molar-refractivity contribution in [1.29, 1.82) is 0 Å². The number of rotatable bonds is 3. The Morgan fingerprint density at radius 3 is 2.53 bits per heavy atom. The Balaban J connectivity index is 2.38. The lowest BCUT2D eigenvalue weighted by molar-refractivity contribution is -0.113. The molecule has 1 aromatic heterocycles. The van der Waals surface area contributed by atoms with E-state index in [4.69, 9.17) is 0 Å². The quantitative estimate of drug-likeness (QED) is 0.447. The molecular formula is C12H12N4O3. The number of allylic oxidation sites excluding steroid dienone is 2. The molecule has 1 heterocycles. The Kier molecular flexibility index (Phi) is 3.28. The monoisotopic (exact) mass is 260 g/mol. The molecule has 0 amide bonds. The number of azo groups is 1. The van der Waals surface area contributed by atoms with Crippen LogP contribution in [0.1, 0.15) is 13.8 Å². The smallest absolute Gasteiger partial charge is 0.323 e. The van der Waals surface area contributed by atoms with Gasteiger partial charge in [-0.05, 0) is 25.1 Å². The summed E-state index contributed by atoms with van der Waals surface area (Å²) in [6, 6.07) is 4.92. The molecule has 1 aromatic carbocycles. The van der Waals surface area contributed by atoms with E-state index in [-0.39, 0.29) is 22.9 Å². The molecular weight excluding hydrogens is 248 g/mol. The summed E-state index contributed by atoms with van der Waals surface area (Å²) in [5.41, 5.74) is 1.31. The van der Waals surface area contributed by atoms with Crippen LogP contribution >= 0.6 is 0 Å². The number of aliphatic hydroxyl groups is 1. The van der Waals surface area contributed by atoms with Crippen LogP contribution in [0, 0.1) is 0 Å². The molecule has 0 saturated heterocycles. The van der Waals surface area contributed by atoms with E-state index in [2.05, 4.69) is 20.2 Å². The van der Waals surface area contributed by atoms with Crippen molar-refractivity contribution in [3.05, 3.63) is 40.1 Å². The topological polar surface area (TPSA) is 111 Å². The van der Waals surface area contributed by atoms with E-state index in [1.165, 1.54) is 13.8 Å². The molecule has 0 fully saturated rings. The zero-order valence-electron chi connectivity index (χ0n) is 10.4. The summed E-state index contributed by atoms with van der Waals surface area (Å²) in [5.74, 6) is -0.563. The van der Waals surface area contributed by atoms with Gasteiger partial charge in [0.05, 0.1) is 16.7 Å². The lowest BCUT2D eigenvalue weighted by Gasteiger charge is -1.97. The molecule has 0 bridgehead atoms. The van der Waals surface area contributed by atoms with Gasteiger partial charge in [-0.1, -0.05) is 0 Å². The third-order valence-corrected chi connectivity index (χ3v) is 2.44. The number of hydrogen-bond donors (Lipinski definition) is 3. The van der Waals surface area contributed by atoms with Gasteiger partial charge in [-0.2, -0.15) is 5.11 Å². The molecule has 7 heteroatoms. The van der Waals surface area contributed by atoms with Crippen molar-refractivity contribution in [2.75, 3.05) is 0 Å². The summed E-state index contributed by atoms with van der Waals surface area (Å²) in [7, 11) is 0. The van der Waals surface area contributed by atoms with Gasteiger partial charge in [0.25, 0.3) is 0 Å². The molecule has 0 radical (unpaired) electrons. The van der Waals surface area contributed by atoms with Crippen LogP contribution in [0.4, 0.5) is 5.69 Å². The summed E-state index contributed by atoms with van der Waals surface area (Å²) < 4.78 is 0. The lowest BCUT2D eigenvalue weighted by Crippen LogP contribution is -1.99. The first-order chi connectivity index (χ1) is 8.97. The van der Waals surface area contributed by atoms with Crippen LogP contribution in [0.15, 0.2) is 44.7 Å². The first-order valence-electron chi connectivity index (χ1n) is 5.52. The molecule has 2 rings (SSSR count). The van der Waals surface area contributed by atoms with Gasteiger partial charge in [0.2, 0.25) is 0 Å². The highest BCUT2D eigenvalue weighted by Gasteiger charge is 2.06. The normalized spacial score (nSPS) is 12.9. The first-order valence-corrected chi connectivity index (χ1v) is 5.52. The molecule has 0 aliphatic carbocycles. The Bertz CT molecular complexity index is 748. The maximum atomic E-state index is 11.2. The Morgan fingerprint density at radius 2 is 1.89 bits per heavy atom. The van der Waals surface area contributed by atoms with Gasteiger partial charge in [-0.25, -0.2) is 4.79 Å². The van der Waals surface area contributed by atoms with Crippen LogP contribution < -0.4 is 5.69 Å². The highest BCUT2D eigenvalue weighted by Crippen LogP contribution is 2.19. The average Bonchev–Trinajstić information content (AvgIpc) is 2.67. The lowest BCUT2D eigenvalue weighted by atomic mass is 10.3. The van der Waals surface area contributed by atoms with Crippen LogP contribution in [0.25, 0.3) is 11.0 Å². The fourth-order valence-electron chi connectivity index (χ4n) is 1.59. The van der Waals surface area contributed by atoms with Gasteiger partial charge in [-0.3, -0.25) is 4.79 Å². The third-order valence-electron chi connectivity index (χ3n) is 2.44. The standard InChI is InChI=1S/C12H12N4O3/c1-6(17)11(7(2)18)16-15-8-3-4-9-10(5-8)14-12(19)13-9/h3-5,17H,1-2H3,(H2,13,14,19). The van der Waals surface area contributed by atoms with Gasteiger partial charge >= 0.3 is 5.69 Å². The highest BCUT2D eigenvalue weighted by molar-refractivity contribution is 5.93. The molecule has 98 valence electrons. The number of aromatic nitrogens is 2. The number of aliphatic hydroxyl groups excluding tert-OH is 1. The number of imidazole rings is 1. The number of nitrogens with zero attached hydrogens (tertiary/aromatic N) is 2. The van der Waals surface area contributed by atoms with Crippen molar-refractivity contribution < 1.29 is 9.90 Å². The number of benzene rings is 1. The van der Waals surface area contributed by atoms with Gasteiger partial charge in [0.1, 0.15) is 5.76 Å². The zero-order chi connectivity index (χ0) is 14.0. The number of hydrogen-bond acceptors (Lipinski definition) is 5. The highest BCUT2D eigenvalue weighted by atomic mass is 16.3. The van der Waals surface area contributed by atoms with Gasteiger partial charge in [0, 0.05) is 6.92 Å². The number of Topliss-reactive ketones (excluding diaryl/α,β-unsaturated/α-hetero) is 1. The van der Waals surface area contributed by atoms with Crippen molar-refractivity contribution in [3.8, 4) is 0 Å². The number of ketones is 1. The molecule has 0 unspecified atom stereocenters. The summed E-state index contributed by atoms with van der Waals surface area (Å²) in [6.07, 6.45) is 0. The molecule has 0 saturated carbocycles. The van der Waals surface area contributed by atoms with E-state index in [0.717, 1.165) is 0 Å². The van der Waals surface area contributed by atoms with Crippen molar-refractivity contribution in [3.63, 3.8) is 0 Å². The summed E-state index contributed by atoms with van der Waals surface area (Å²) >= 11 is 0. The molecule has 19 heavy (non-hydrogen) atoms. The predicted molar refractivity (Wildman–Crippen MR) is 69.4 cm³/mol. The molecule has 0 spiro atoms. The molecule has 7 nitrogen and oxygen atoms in total. The minimum atomic E-state index is -0.375. The summed E-state index contributed by atoms with van der Waals surface area (Å²) in [6.45, 7) is 2.66. The number of carbonyl (C=O) groups excluding carboxylic acids is 1. The second-order valence-electron chi connectivity index (χ2n) is 4.00. The third kappa shape index (κ3) is 2.76. The largest absolute Gasteiger partial charge is 0.510 e. The van der Waals surface area contributed by atoms with Crippen LogP contribution in [0.3, 0.4) is 0 Å². The minimum Gasteiger partial charge on any atom is -0.510 e. The van der Waals surface area contributed by atoms with Crippen molar-refractivity contribution in [1.82, 2.24) is 9.97 Å². The fourth-order valence-corrected chi connectivity index (χ4v) is 1.59. The number of H-pyrrole nitrogens is 2. The van der Waals surface area contributed by atoms with E-state index < -0.39 is 0 Å².